The fourth-order valence-electron chi connectivity index (χ4n) is 14.1. The highest BCUT2D eigenvalue weighted by Gasteiger charge is 2.53. The molecule has 98 heavy (non-hydrogen) atoms. The highest BCUT2D eigenvalue weighted by Crippen LogP contribution is 2.47. The second-order valence-electron chi connectivity index (χ2n) is 25.9. The van der Waals surface area contributed by atoms with E-state index in [9.17, 15) is 0 Å². The van der Waals surface area contributed by atoms with E-state index in [0.717, 1.165) is 86.8 Å². The van der Waals surface area contributed by atoms with Crippen LogP contribution in [0.15, 0.2) is 255 Å². The van der Waals surface area contributed by atoms with Crippen molar-refractivity contribution in [2.24, 2.45) is 0 Å². The molecule has 14 heteroatoms. The molecule has 1 aliphatic heterocycles. The Morgan fingerprint density at radius 3 is 1.24 bits per heavy atom. The van der Waals surface area contributed by atoms with Crippen LogP contribution < -0.4 is 5.59 Å². The van der Waals surface area contributed by atoms with Gasteiger partial charge < -0.3 is 9.31 Å². The monoisotopic (exact) mass is 1350 g/mol. The van der Waals surface area contributed by atoms with Gasteiger partial charge >= 0.3 is 7.12 Å². The zero-order valence-corrected chi connectivity index (χ0v) is 57.4. The highest BCUT2D eigenvalue weighted by molar-refractivity contribution is 7.28. The van der Waals surface area contributed by atoms with E-state index in [1.54, 1.807) is 22.7 Å². The van der Waals surface area contributed by atoms with Gasteiger partial charge in [-0.3, -0.25) is 4.98 Å². The standard InChI is InChI=1S/C39H21N3S2.C25H22BNO2S.C20H11ClN2S/c1-2-10-23-21-24(18-17-22(23)9-1)34-38-35(29-14-6-8-16-32(29)44-38)42-39(41-34)36-27-13-4-3-12-26(27)33-30(40-36)20-19-28-25-11-5-7-15-31(25)43-37(28)33;1-24(2)25(3,4)29-26(28-24)23-18-11-6-5-10-16(18)21-19(27-23)14-13-17-15-9-7-8-12-20(15)30-22(17)21;21-20-22-17(14-10-9-12-5-1-2-6-13(12)11-14)19-18(23-20)15-7-3-4-8-16(15)24-19/h1-21H;5-14H,1-4H3;1-11H. The molecule has 8 aromatic heterocycles. The fraction of sp³-hybridized carbons (Fsp3) is 0.0714. The van der Waals surface area contributed by atoms with Crippen molar-refractivity contribution in [3.8, 4) is 34.0 Å². The molecule has 9 heterocycles. The Kier molecular flexibility index (Phi) is 13.9. The minimum Gasteiger partial charge on any atom is -0.398 e. The van der Waals surface area contributed by atoms with Crippen LogP contribution in [-0.4, -0.2) is 48.2 Å². The third-order valence-electron chi connectivity index (χ3n) is 19.6. The van der Waals surface area contributed by atoms with Crippen molar-refractivity contribution in [2.45, 2.75) is 38.9 Å². The van der Waals surface area contributed by atoms with Crippen LogP contribution in [0, 0.1) is 0 Å². The smallest absolute Gasteiger partial charge is 0.398 e. The maximum absolute atomic E-state index is 6.36. The van der Waals surface area contributed by atoms with Gasteiger partial charge in [-0.2, -0.15) is 0 Å². The Morgan fingerprint density at radius 1 is 0.316 bits per heavy atom. The minimum absolute atomic E-state index is 0.286. The minimum atomic E-state index is -0.484. The van der Waals surface area contributed by atoms with Crippen LogP contribution in [0.5, 0.6) is 0 Å². The normalized spacial score (nSPS) is 13.8. The van der Waals surface area contributed by atoms with E-state index in [2.05, 4.69) is 268 Å². The molecule has 0 radical (unpaired) electrons. The second kappa shape index (κ2) is 23.0. The Morgan fingerprint density at radius 2 is 0.714 bits per heavy atom. The van der Waals surface area contributed by atoms with Crippen molar-refractivity contribution in [3.63, 3.8) is 0 Å². The van der Waals surface area contributed by atoms with Gasteiger partial charge in [0.15, 0.2) is 5.82 Å². The lowest BCUT2D eigenvalue weighted by Crippen LogP contribution is -2.41. The number of rotatable bonds is 4. The molecular formula is C84H54BClN6O2S4. The molecule has 0 aliphatic carbocycles. The summed E-state index contributed by atoms with van der Waals surface area (Å²) in [5, 5.41) is 19.5. The van der Waals surface area contributed by atoms with Crippen molar-refractivity contribution in [3.05, 3.63) is 260 Å². The Bertz CT molecular complexity index is 6700. The molecule has 1 aliphatic rings. The van der Waals surface area contributed by atoms with Crippen LogP contribution in [0.4, 0.5) is 0 Å². The lowest BCUT2D eigenvalue weighted by atomic mass is 9.80. The summed E-state index contributed by atoms with van der Waals surface area (Å²) < 4.78 is 22.5. The summed E-state index contributed by atoms with van der Waals surface area (Å²) in [4.78, 5) is 30.1. The summed E-state index contributed by atoms with van der Waals surface area (Å²) in [7, 11) is -0.484. The summed E-state index contributed by atoms with van der Waals surface area (Å²) in [6, 6.07) is 89.7. The van der Waals surface area contributed by atoms with Crippen molar-refractivity contribution < 1.29 is 9.31 Å². The van der Waals surface area contributed by atoms with Crippen LogP contribution >= 0.6 is 56.9 Å². The summed E-state index contributed by atoms with van der Waals surface area (Å²) in [5.74, 6) is 0.652. The lowest BCUT2D eigenvalue weighted by Gasteiger charge is -2.32. The third-order valence-corrected chi connectivity index (χ3v) is 24.5. The molecule has 466 valence electrons. The van der Waals surface area contributed by atoms with Crippen LogP contribution in [0.3, 0.4) is 0 Å². The molecule has 0 bridgehead atoms. The molecule has 8 nitrogen and oxygen atoms in total. The summed E-state index contributed by atoms with van der Waals surface area (Å²) >= 11 is 13.4. The average Bonchev–Trinajstić information content (AvgIpc) is 1.46. The number of pyridine rings is 2. The lowest BCUT2D eigenvalue weighted by molar-refractivity contribution is 0.00578. The van der Waals surface area contributed by atoms with Gasteiger partial charge in [-0.1, -0.05) is 206 Å². The van der Waals surface area contributed by atoms with Crippen molar-refractivity contribution in [1.82, 2.24) is 29.9 Å². The largest absolute Gasteiger partial charge is 0.515 e. The number of fused-ring (bicyclic) bond motifs is 22. The molecule has 0 atom stereocenters. The van der Waals surface area contributed by atoms with E-state index in [-0.39, 0.29) is 5.28 Å². The van der Waals surface area contributed by atoms with E-state index in [0.29, 0.717) is 5.82 Å². The number of halogens is 1. The molecule has 20 aromatic rings. The third kappa shape index (κ3) is 9.66. The van der Waals surface area contributed by atoms with Gasteiger partial charge in [-0.25, -0.2) is 24.9 Å². The highest BCUT2D eigenvalue weighted by atomic mass is 35.5. The van der Waals surface area contributed by atoms with E-state index in [1.807, 2.05) is 46.9 Å². The number of benzene rings is 12. The van der Waals surface area contributed by atoms with Crippen LogP contribution in [-0.2, 0) is 9.31 Å². The van der Waals surface area contributed by atoms with Crippen molar-refractivity contribution in [1.29, 1.82) is 0 Å². The molecule has 21 rings (SSSR count). The Labute approximate surface area is 583 Å². The van der Waals surface area contributed by atoms with Crippen molar-refractivity contribution >= 4 is 216 Å². The number of hydrogen-bond donors (Lipinski definition) is 0. The molecule has 0 amide bonds. The fourth-order valence-corrected chi connectivity index (χ4v) is 19.1. The van der Waals surface area contributed by atoms with Crippen molar-refractivity contribution in [2.75, 3.05) is 0 Å². The van der Waals surface area contributed by atoms with Crippen LogP contribution in [0.2, 0.25) is 5.28 Å². The SMILES string of the molecule is CC1(C)OB(c2nc3ccc4c5ccccc5sc4c3c3ccccc23)OC1(C)C.Clc1nc(-c2ccc3ccccc3c2)c2sc3ccccc3c2n1.c1ccc2cc(-c3nc(-c4nc5ccc6c7ccccc7sc6c5c5ccccc45)nc4c3sc3ccccc34)ccc2c1. The van der Waals surface area contributed by atoms with Crippen LogP contribution in [0.1, 0.15) is 27.7 Å². The second-order valence-corrected chi connectivity index (χ2v) is 30.5. The maximum Gasteiger partial charge on any atom is 0.515 e. The first kappa shape index (κ1) is 59.1. The molecule has 1 fully saturated rings. The van der Waals surface area contributed by atoms with Gasteiger partial charge in [0, 0.05) is 93.2 Å². The number of nitrogens with zero attached hydrogens (tertiary/aromatic N) is 6. The molecule has 12 aromatic carbocycles. The molecule has 1 saturated heterocycles. The van der Waals surface area contributed by atoms with E-state index >= 15 is 0 Å². The topological polar surface area (TPSA) is 95.8 Å². The molecular weight excluding hydrogens is 1300 g/mol. The average molecular weight is 1350 g/mol. The maximum atomic E-state index is 6.36. The molecule has 0 saturated carbocycles. The predicted octanol–water partition coefficient (Wildman–Crippen LogP) is 23.8. The predicted molar refractivity (Wildman–Crippen MR) is 420 cm³/mol. The van der Waals surface area contributed by atoms with Gasteiger partial charge in [0.2, 0.25) is 5.28 Å². The van der Waals surface area contributed by atoms with E-state index in [1.165, 1.54) is 92.8 Å². The summed E-state index contributed by atoms with van der Waals surface area (Å²) in [6.45, 7) is 8.32. The first-order chi connectivity index (χ1) is 47.9. The van der Waals surface area contributed by atoms with Crippen LogP contribution in [0.25, 0.3) is 180 Å². The summed E-state index contributed by atoms with van der Waals surface area (Å²) in [6.07, 6.45) is 0. The first-order valence-electron chi connectivity index (χ1n) is 32.6. The molecule has 0 N–H and O–H groups in total. The van der Waals surface area contributed by atoms with E-state index < -0.39 is 18.3 Å². The van der Waals surface area contributed by atoms with Gasteiger partial charge in [0.1, 0.15) is 5.69 Å². The Hall–Kier alpha value is -10.2. The number of thiophene rings is 4. The quantitative estimate of drug-likeness (QED) is 0.0977. The van der Waals surface area contributed by atoms with Gasteiger partial charge in [0.05, 0.1) is 59.6 Å². The number of hydrogen-bond acceptors (Lipinski definition) is 12. The zero-order valence-electron chi connectivity index (χ0n) is 53.3. The first-order valence-corrected chi connectivity index (χ1v) is 36.2. The number of aromatic nitrogens is 6. The Balaban J connectivity index is 0.000000109. The van der Waals surface area contributed by atoms with Gasteiger partial charge in [-0.05, 0) is 120 Å². The summed E-state index contributed by atoms with van der Waals surface area (Å²) in [5.41, 5.74) is 8.72. The molecule has 0 unspecified atom stereocenters. The van der Waals surface area contributed by atoms with Gasteiger partial charge in [0.25, 0.3) is 0 Å². The van der Waals surface area contributed by atoms with E-state index in [4.69, 9.17) is 40.8 Å². The molecule has 0 spiro atoms. The zero-order chi connectivity index (χ0) is 65.5. The van der Waals surface area contributed by atoms with Gasteiger partial charge in [-0.15, -0.1) is 45.3 Å².